The molecule has 0 aliphatic heterocycles. The van der Waals surface area contributed by atoms with E-state index in [0.29, 0.717) is 11.4 Å². The molecule has 0 aliphatic rings. The lowest BCUT2D eigenvalue weighted by Crippen LogP contribution is -2.44. The van der Waals surface area contributed by atoms with E-state index in [1.807, 2.05) is 6.07 Å². The molecule has 0 bridgehead atoms. The Morgan fingerprint density at radius 2 is 1.25 bits per heavy atom. The minimum atomic E-state index is -1.12. The molecule has 0 unspecified atom stereocenters. The van der Waals surface area contributed by atoms with Gasteiger partial charge in [-0.25, -0.2) is 0 Å². The van der Waals surface area contributed by atoms with Crippen LogP contribution in [0.4, 0.5) is 11.4 Å². The van der Waals surface area contributed by atoms with Crippen molar-refractivity contribution in [1.29, 1.82) is 0 Å². The van der Waals surface area contributed by atoms with E-state index in [-0.39, 0.29) is 12.5 Å². The average molecular weight is 326 g/mol. The molecule has 0 saturated carbocycles. The van der Waals surface area contributed by atoms with Gasteiger partial charge in [0.1, 0.15) is 13.1 Å². The Labute approximate surface area is 139 Å². The second-order valence-electron chi connectivity index (χ2n) is 5.15. The third-order valence-electron chi connectivity index (χ3n) is 3.40. The molecule has 6 nitrogen and oxygen atoms in total. The molecule has 124 valence electrons. The predicted molar refractivity (Wildman–Crippen MR) is 90.9 cm³/mol. The van der Waals surface area contributed by atoms with Gasteiger partial charge in [-0.2, -0.15) is 0 Å². The summed E-state index contributed by atoms with van der Waals surface area (Å²) in [5, 5.41) is 9.08. The van der Waals surface area contributed by atoms with Crippen molar-refractivity contribution < 1.29 is 19.5 Å². The Kier molecular flexibility index (Phi) is 5.68. The van der Waals surface area contributed by atoms with Gasteiger partial charge in [0.05, 0.1) is 0 Å². The highest BCUT2D eigenvalue weighted by Crippen LogP contribution is 2.17. The molecule has 6 heteroatoms. The fourth-order valence-electron chi connectivity index (χ4n) is 2.28. The van der Waals surface area contributed by atoms with Crippen LogP contribution in [-0.4, -0.2) is 36.0 Å². The van der Waals surface area contributed by atoms with Crippen LogP contribution in [0.15, 0.2) is 60.7 Å². The minimum Gasteiger partial charge on any atom is -0.480 e. The van der Waals surface area contributed by atoms with Crippen LogP contribution in [0, 0.1) is 0 Å². The lowest BCUT2D eigenvalue weighted by Gasteiger charge is -2.26. The zero-order valence-corrected chi connectivity index (χ0v) is 13.3. The first-order valence-electron chi connectivity index (χ1n) is 7.39. The predicted octanol–water partition coefficient (Wildman–Crippen LogP) is 2.16. The number of benzene rings is 2. The Morgan fingerprint density at radius 3 is 1.67 bits per heavy atom. The zero-order valence-electron chi connectivity index (χ0n) is 13.3. The van der Waals surface area contributed by atoms with E-state index in [4.69, 9.17) is 5.11 Å². The molecule has 2 amide bonds. The number of amides is 2. The number of aliphatic carboxylic acids is 1. The van der Waals surface area contributed by atoms with Crippen LogP contribution in [0.5, 0.6) is 0 Å². The maximum absolute atomic E-state index is 12.6. The molecular formula is C18H18N2O4. The highest BCUT2D eigenvalue weighted by molar-refractivity contribution is 6.04. The van der Waals surface area contributed by atoms with Crippen LogP contribution in [0.1, 0.15) is 6.92 Å². The Bertz CT molecular complexity index is 716. The van der Waals surface area contributed by atoms with Crippen LogP contribution in [0.25, 0.3) is 0 Å². The van der Waals surface area contributed by atoms with Gasteiger partial charge >= 0.3 is 5.97 Å². The van der Waals surface area contributed by atoms with Gasteiger partial charge in [-0.05, 0) is 24.3 Å². The van der Waals surface area contributed by atoms with E-state index in [2.05, 4.69) is 0 Å². The van der Waals surface area contributed by atoms with Crippen LogP contribution in [0.3, 0.4) is 0 Å². The molecule has 0 heterocycles. The molecule has 0 radical (unpaired) electrons. The number of carboxylic acids is 1. The van der Waals surface area contributed by atoms with Crippen molar-refractivity contribution in [3.8, 4) is 0 Å². The van der Waals surface area contributed by atoms with E-state index < -0.39 is 18.4 Å². The molecule has 0 atom stereocenters. The molecule has 0 spiro atoms. The van der Waals surface area contributed by atoms with Crippen molar-refractivity contribution in [1.82, 2.24) is 0 Å². The summed E-state index contributed by atoms with van der Waals surface area (Å²) in [6.07, 6.45) is 0. The second kappa shape index (κ2) is 7.92. The largest absolute Gasteiger partial charge is 0.480 e. The number of carbonyl (C=O) groups excluding carboxylic acids is 2. The van der Waals surface area contributed by atoms with Crippen molar-refractivity contribution in [3.05, 3.63) is 60.7 Å². The van der Waals surface area contributed by atoms with Crippen LogP contribution >= 0.6 is 0 Å². The van der Waals surface area contributed by atoms with E-state index in [1.54, 1.807) is 54.6 Å². The van der Waals surface area contributed by atoms with Gasteiger partial charge in [-0.3, -0.25) is 19.3 Å². The summed E-state index contributed by atoms with van der Waals surface area (Å²) in [7, 11) is 0. The van der Waals surface area contributed by atoms with Gasteiger partial charge in [0.15, 0.2) is 0 Å². The van der Waals surface area contributed by atoms with Crippen LogP contribution in [-0.2, 0) is 14.4 Å². The third kappa shape index (κ3) is 4.42. The van der Waals surface area contributed by atoms with Crippen LogP contribution in [0.2, 0.25) is 0 Å². The molecular weight excluding hydrogens is 308 g/mol. The normalized spacial score (nSPS) is 10.0. The number of hydrogen-bond donors (Lipinski definition) is 1. The zero-order chi connectivity index (χ0) is 17.5. The van der Waals surface area contributed by atoms with Crippen molar-refractivity contribution in [2.45, 2.75) is 6.92 Å². The lowest BCUT2D eigenvalue weighted by molar-refractivity contribution is -0.136. The minimum absolute atomic E-state index is 0.235. The van der Waals surface area contributed by atoms with E-state index in [9.17, 15) is 14.4 Å². The number of para-hydroxylation sites is 2. The van der Waals surface area contributed by atoms with Crippen LogP contribution < -0.4 is 9.80 Å². The van der Waals surface area contributed by atoms with Gasteiger partial charge in [0, 0.05) is 18.3 Å². The van der Waals surface area contributed by atoms with E-state index >= 15 is 0 Å². The summed E-state index contributed by atoms with van der Waals surface area (Å²) in [5.74, 6) is -1.89. The first-order valence-corrected chi connectivity index (χ1v) is 7.39. The maximum atomic E-state index is 12.6. The maximum Gasteiger partial charge on any atom is 0.323 e. The number of carboxylic acid groups (broad SMARTS) is 1. The van der Waals surface area contributed by atoms with Crippen molar-refractivity contribution in [2.24, 2.45) is 0 Å². The highest BCUT2D eigenvalue weighted by Gasteiger charge is 2.23. The number of rotatable bonds is 6. The SMILES string of the molecule is CC(=O)N(CC(=O)N(CC(=O)O)c1ccccc1)c1ccccc1. The first-order chi connectivity index (χ1) is 11.5. The topological polar surface area (TPSA) is 77.9 Å². The van der Waals surface area contributed by atoms with Crippen molar-refractivity contribution in [3.63, 3.8) is 0 Å². The number of nitrogens with zero attached hydrogens (tertiary/aromatic N) is 2. The number of anilines is 2. The Balaban J connectivity index is 2.25. The quantitative estimate of drug-likeness (QED) is 0.882. The van der Waals surface area contributed by atoms with Gasteiger partial charge < -0.3 is 10.0 Å². The second-order valence-corrected chi connectivity index (χ2v) is 5.15. The summed E-state index contributed by atoms with van der Waals surface area (Å²) in [6, 6.07) is 17.3. The van der Waals surface area contributed by atoms with E-state index in [0.717, 1.165) is 4.90 Å². The molecule has 0 fully saturated rings. The van der Waals surface area contributed by atoms with Gasteiger partial charge in [-0.1, -0.05) is 36.4 Å². The molecule has 24 heavy (non-hydrogen) atoms. The van der Waals surface area contributed by atoms with Gasteiger partial charge in [0.25, 0.3) is 0 Å². The molecule has 2 aromatic rings. The molecule has 0 aromatic heterocycles. The highest BCUT2D eigenvalue weighted by atomic mass is 16.4. The monoisotopic (exact) mass is 326 g/mol. The number of hydrogen-bond acceptors (Lipinski definition) is 3. The van der Waals surface area contributed by atoms with Gasteiger partial charge in [-0.15, -0.1) is 0 Å². The molecule has 0 saturated heterocycles. The standard InChI is InChI=1S/C18H18N2O4/c1-14(21)19(15-8-4-2-5-9-15)12-17(22)20(13-18(23)24)16-10-6-3-7-11-16/h2-11H,12-13H2,1H3,(H,23,24). The summed E-state index contributed by atoms with van der Waals surface area (Å²) >= 11 is 0. The average Bonchev–Trinajstić information content (AvgIpc) is 2.58. The molecule has 0 aliphatic carbocycles. The van der Waals surface area contributed by atoms with Gasteiger partial charge in [0.2, 0.25) is 11.8 Å². The summed E-state index contributed by atoms with van der Waals surface area (Å²) in [4.78, 5) is 38.1. The van der Waals surface area contributed by atoms with E-state index in [1.165, 1.54) is 11.8 Å². The molecule has 1 N–H and O–H groups in total. The van der Waals surface area contributed by atoms with Crippen molar-refractivity contribution >= 4 is 29.2 Å². The molecule has 2 aromatic carbocycles. The third-order valence-corrected chi connectivity index (χ3v) is 3.40. The molecule has 2 rings (SSSR count). The summed E-state index contributed by atoms with van der Waals surface area (Å²) in [6.45, 7) is 0.662. The Hall–Kier alpha value is -3.15. The fraction of sp³-hybridized carbons (Fsp3) is 0.167. The summed E-state index contributed by atoms with van der Waals surface area (Å²) in [5.41, 5.74) is 1.06. The smallest absolute Gasteiger partial charge is 0.323 e. The number of carbonyl (C=O) groups is 3. The fourth-order valence-corrected chi connectivity index (χ4v) is 2.28. The Morgan fingerprint density at radius 1 is 0.792 bits per heavy atom. The lowest BCUT2D eigenvalue weighted by atomic mass is 10.2. The first kappa shape index (κ1) is 17.2. The summed E-state index contributed by atoms with van der Waals surface area (Å²) < 4.78 is 0. The van der Waals surface area contributed by atoms with Crippen molar-refractivity contribution in [2.75, 3.05) is 22.9 Å².